The molecule has 3 nitrogen and oxygen atoms in total. The minimum atomic E-state index is -2.44. The lowest BCUT2D eigenvalue weighted by atomic mass is 10.6. The van der Waals surface area contributed by atoms with Crippen LogP contribution < -0.4 is 0 Å². The zero-order valence-electron chi connectivity index (χ0n) is 5.27. The molecule has 0 amide bonds. The van der Waals surface area contributed by atoms with Gasteiger partial charge in [-0.25, -0.2) is 9.18 Å². The molecule has 0 heterocycles. The molecule has 10 heavy (non-hydrogen) atoms. The topological polar surface area (TPSA) is 35.5 Å². The number of methoxy groups -OCH3 is 1. The van der Waals surface area contributed by atoms with Gasteiger partial charge in [0, 0.05) is 0 Å². The highest BCUT2D eigenvalue weighted by atomic mass is 19.2. The molecule has 1 atom stereocenters. The van der Waals surface area contributed by atoms with Crippen LogP contribution >= 0.6 is 0 Å². The molecule has 0 aromatic heterocycles. The molecule has 0 aromatic rings. The van der Waals surface area contributed by atoms with Crippen LogP contribution in [0.4, 0.5) is 13.6 Å². The zero-order chi connectivity index (χ0) is 8.15. The molecule has 0 saturated carbocycles. The third-order valence-electron chi connectivity index (χ3n) is 0.613. The molecule has 0 radical (unpaired) electrons. The number of halogens is 2. The second-order valence-electron chi connectivity index (χ2n) is 1.33. The fraction of sp³-hybridized carbons (Fsp3) is 0.400. The van der Waals surface area contributed by atoms with E-state index in [1.54, 1.807) is 0 Å². The largest absolute Gasteiger partial charge is 0.510 e. The van der Waals surface area contributed by atoms with Crippen molar-refractivity contribution in [1.29, 1.82) is 0 Å². The fourth-order valence-corrected chi connectivity index (χ4v) is 0.197. The first-order valence-corrected chi connectivity index (χ1v) is 2.31. The second-order valence-corrected chi connectivity index (χ2v) is 1.33. The third kappa shape index (κ3) is 3.01. The predicted molar refractivity (Wildman–Crippen MR) is 28.6 cm³/mol. The Kier molecular flexibility index (Phi) is 3.38. The number of rotatable bonds is 2. The zero-order valence-corrected chi connectivity index (χ0v) is 5.27. The van der Waals surface area contributed by atoms with Crippen LogP contribution in [0.2, 0.25) is 0 Å². The van der Waals surface area contributed by atoms with E-state index in [1.807, 2.05) is 0 Å². The van der Waals surface area contributed by atoms with Gasteiger partial charge < -0.3 is 9.47 Å². The average Bonchev–Trinajstić information content (AvgIpc) is 1.87. The molecule has 0 bridgehead atoms. The van der Waals surface area contributed by atoms with Gasteiger partial charge in [0.25, 0.3) is 6.36 Å². The van der Waals surface area contributed by atoms with Crippen molar-refractivity contribution in [3.8, 4) is 0 Å². The lowest BCUT2D eigenvalue weighted by Crippen LogP contribution is -2.13. The van der Waals surface area contributed by atoms with Crippen LogP contribution in [0.15, 0.2) is 12.4 Å². The molecule has 0 spiro atoms. The van der Waals surface area contributed by atoms with Crippen LogP contribution in [0.1, 0.15) is 0 Å². The number of carbonyl (C=O) groups excluding carboxylic acids is 1. The van der Waals surface area contributed by atoms with E-state index in [4.69, 9.17) is 0 Å². The van der Waals surface area contributed by atoms with E-state index in [1.165, 1.54) is 0 Å². The molecule has 0 aliphatic rings. The van der Waals surface area contributed by atoms with Gasteiger partial charge in [-0.1, -0.05) is 6.58 Å². The van der Waals surface area contributed by atoms with Crippen LogP contribution in [0.3, 0.4) is 0 Å². The lowest BCUT2D eigenvalue weighted by molar-refractivity contribution is -0.0132. The summed E-state index contributed by atoms with van der Waals surface area (Å²) >= 11 is 0. The van der Waals surface area contributed by atoms with Gasteiger partial charge in [0.05, 0.1) is 7.11 Å². The maximum absolute atomic E-state index is 12.0. The van der Waals surface area contributed by atoms with Crippen molar-refractivity contribution < 1.29 is 23.0 Å². The number of alkyl halides is 1. The molecule has 0 N–H and O–H groups in total. The van der Waals surface area contributed by atoms with Gasteiger partial charge in [-0.05, 0) is 0 Å². The summed E-state index contributed by atoms with van der Waals surface area (Å²) in [6.07, 6.45) is -3.72. The average molecular weight is 152 g/mol. The van der Waals surface area contributed by atoms with Crippen LogP contribution in [0, 0.1) is 0 Å². The number of hydrogen-bond acceptors (Lipinski definition) is 3. The first-order valence-electron chi connectivity index (χ1n) is 2.31. The minimum Gasteiger partial charge on any atom is -0.438 e. The van der Waals surface area contributed by atoms with Gasteiger partial charge in [-0.15, -0.1) is 0 Å². The van der Waals surface area contributed by atoms with E-state index >= 15 is 0 Å². The molecule has 5 heteroatoms. The van der Waals surface area contributed by atoms with Crippen molar-refractivity contribution in [3.05, 3.63) is 12.4 Å². The molecule has 58 valence electrons. The smallest absolute Gasteiger partial charge is 0.438 e. The summed E-state index contributed by atoms with van der Waals surface area (Å²) in [4.78, 5) is 10.0. The molecule has 0 rings (SSSR count). The first kappa shape index (κ1) is 8.87. The van der Waals surface area contributed by atoms with Crippen molar-refractivity contribution in [2.24, 2.45) is 0 Å². The van der Waals surface area contributed by atoms with Crippen molar-refractivity contribution in [1.82, 2.24) is 0 Å². The van der Waals surface area contributed by atoms with Crippen LogP contribution in [-0.2, 0) is 9.47 Å². The van der Waals surface area contributed by atoms with Crippen LogP contribution in [0.5, 0.6) is 0 Å². The fourth-order valence-electron chi connectivity index (χ4n) is 0.197. The second kappa shape index (κ2) is 3.81. The van der Waals surface area contributed by atoms with E-state index in [0.717, 1.165) is 7.11 Å². The summed E-state index contributed by atoms with van der Waals surface area (Å²) < 4.78 is 31.2. The molecule has 1 unspecified atom stereocenters. The van der Waals surface area contributed by atoms with Gasteiger partial charge >= 0.3 is 6.16 Å². The van der Waals surface area contributed by atoms with Gasteiger partial charge in [0.1, 0.15) is 0 Å². The van der Waals surface area contributed by atoms with Crippen molar-refractivity contribution in [2.45, 2.75) is 6.36 Å². The molecule has 0 aliphatic heterocycles. The Hall–Kier alpha value is -1.13. The summed E-state index contributed by atoms with van der Waals surface area (Å²) in [5, 5.41) is 0. The Morgan fingerprint density at radius 1 is 1.70 bits per heavy atom. The molecule has 0 aliphatic carbocycles. The van der Waals surface area contributed by atoms with Gasteiger partial charge in [0.2, 0.25) is 0 Å². The Morgan fingerprint density at radius 3 is 2.50 bits per heavy atom. The highest BCUT2D eigenvalue weighted by Gasteiger charge is 2.15. The SMILES string of the molecule is C=C(F)C(F)OC(=O)OC. The molecular formula is C5H6F2O3. The van der Waals surface area contributed by atoms with Crippen LogP contribution in [-0.4, -0.2) is 19.6 Å². The minimum absolute atomic E-state index is 0.982. The van der Waals surface area contributed by atoms with E-state index in [-0.39, 0.29) is 0 Å². The maximum atomic E-state index is 12.0. The highest BCUT2D eigenvalue weighted by Crippen LogP contribution is 2.07. The van der Waals surface area contributed by atoms with E-state index < -0.39 is 18.3 Å². The Bertz CT molecular complexity index is 146. The summed E-state index contributed by atoms with van der Waals surface area (Å²) in [6, 6.07) is 0. The summed E-state index contributed by atoms with van der Waals surface area (Å²) in [6.45, 7) is 2.57. The van der Waals surface area contributed by atoms with Gasteiger partial charge in [0.15, 0.2) is 5.83 Å². The summed E-state index contributed by atoms with van der Waals surface area (Å²) in [7, 11) is 0.982. The molecule has 0 saturated heterocycles. The summed E-state index contributed by atoms with van der Waals surface area (Å²) in [5.74, 6) is -1.37. The van der Waals surface area contributed by atoms with Gasteiger partial charge in [-0.3, -0.25) is 0 Å². The maximum Gasteiger partial charge on any atom is 0.510 e. The lowest BCUT2D eigenvalue weighted by Gasteiger charge is -2.04. The quantitative estimate of drug-likeness (QED) is 0.563. The molecule has 0 fully saturated rings. The number of hydrogen-bond donors (Lipinski definition) is 0. The van der Waals surface area contributed by atoms with Crippen molar-refractivity contribution in [2.75, 3.05) is 7.11 Å². The number of ether oxygens (including phenoxy) is 2. The Balaban J connectivity index is 3.68. The van der Waals surface area contributed by atoms with Crippen molar-refractivity contribution in [3.63, 3.8) is 0 Å². The standard InChI is InChI=1S/C5H6F2O3/c1-3(6)4(7)10-5(8)9-2/h4H,1H2,2H3. The Labute approximate surface area is 56.2 Å². The Morgan fingerprint density at radius 2 is 2.20 bits per heavy atom. The van der Waals surface area contributed by atoms with Crippen molar-refractivity contribution >= 4 is 6.16 Å². The summed E-state index contributed by atoms with van der Waals surface area (Å²) in [5.41, 5.74) is 0. The predicted octanol–water partition coefficient (Wildman–Crippen LogP) is 1.55. The monoisotopic (exact) mass is 152 g/mol. The van der Waals surface area contributed by atoms with E-state index in [9.17, 15) is 13.6 Å². The number of carbonyl (C=O) groups is 1. The van der Waals surface area contributed by atoms with Gasteiger partial charge in [-0.2, -0.15) is 4.39 Å². The molecule has 0 aromatic carbocycles. The van der Waals surface area contributed by atoms with E-state index in [2.05, 4.69) is 16.1 Å². The van der Waals surface area contributed by atoms with E-state index in [0.29, 0.717) is 0 Å². The normalized spacial score (nSPS) is 11.9. The molecular weight excluding hydrogens is 146 g/mol. The van der Waals surface area contributed by atoms with Crippen LogP contribution in [0.25, 0.3) is 0 Å². The third-order valence-corrected chi connectivity index (χ3v) is 0.613. The highest BCUT2D eigenvalue weighted by molar-refractivity contribution is 5.59. The first-order chi connectivity index (χ1) is 4.57.